The summed E-state index contributed by atoms with van der Waals surface area (Å²) in [7, 11) is 0. The summed E-state index contributed by atoms with van der Waals surface area (Å²) in [5.74, 6) is -0.246. The molecule has 8 heteroatoms. The molecule has 0 unspecified atom stereocenters. The van der Waals surface area contributed by atoms with Gasteiger partial charge in [0.1, 0.15) is 0 Å². The Kier molecular flexibility index (Phi) is 5.34. The molecule has 0 heterocycles. The molecule has 0 aromatic heterocycles. The smallest absolute Gasteiger partial charge is 0.376 e. The van der Waals surface area contributed by atoms with E-state index in [-0.39, 0.29) is 30.0 Å². The molecule has 1 saturated carbocycles. The van der Waals surface area contributed by atoms with Crippen molar-refractivity contribution in [3.8, 4) is 0 Å². The van der Waals surface area contributed by atoms with Gasteiger partial charge in [-0.15, -0.1) is 0 Å². The van der Waals surface area contributed by atoms with Crippen LogP contribution in [-0.4, -0.2) is 18.4 Å². The Morgan fingerprint density at radius 1 is 0.852 bits per heavy atom. The van der Waals surface area contributed by atoms with Crippen LogP contribution in [0.15, 0.2) is 48.5 Å². The molecule has 0 atom stereocenters. The minimum atomic E-state index is -4.41. The number of hydrogen-bond acceptors (Lipinski definition) is 3. The lowest BCUT2D eigenvalue weighted by atomic mass is 10.2. The van der Waals surface area contributed by atoms with E-state index < -0.39 is 11.7 Å². The Hall–Kier alpha value is -3.03. The summed E-state index contributed by atoms with van der Waals surface area (Å²) >= 11 is 0. The molecule has 3 rings (SSSR count). The highest BCUT2D eigenvalue weighted by Gasteiger charge is 2.30. The normalized spacial score (nSPS) is 13.7. The van der Waals surface area contributed by atoms with Gasteiger partial charge in [0, 0.05) is 23.0 Å². The summed E-state index contributed by atoms with van der Waals surface area (Å²) in [5, 5.41) is 8.25. The van der Waals surface area contributed by atoms with E-state index in [0.29, 0.717) is 11.4 Å². The SMILES string of the molecule is O=C(CNc1ccc(NC(=O)C2CC2)cc1)Nc1ccc(C(F)(F)F)cc1. The lowest BCUT2D eigenvalue weighted by Crippen LogP contribution is -2.21. The second-order valence-electron chi connectivity index (χ2n) is 6.32. The fraction of sp³-hybridized carbons (Fsp3) is 0.263. The van der Waals surface area contributed by atoms with Crippen LogP contribution in [0.3, 0.4) is 0 Å². The van der Waals surface area contributed by atoms with Crippen molar-refractivity contribution in [1.29, 1.82) is 0 Å². The maximum Gasteiger partial charge on any atom is 0.416 e. The molecule has 0 aliphatic heterocycles. The van der Waals surface area contributed by atoms with Gasteiger partial charge in [-0.3, -0.25) is 9.59 Å². The third-order valence-corrected chi connectivity index (χ3v) is 4.05. The van der Waals surface area contributed by atoms with E-state index in [2.05, 4.69) is 16.0 Å². The van der Waals surface area contributed by atoms with Gasteiger partial charge in [-0.1, -0.05) is 0 Å². The van der Waals surface area contributed by atoms with Gasteiger partial charge in [0.05, 0.1) is 12.1 Å². The molecular weight excluding hydrogens is 359 g/mol. The highest BCUT2D eigenvalue weighted by molar-refractivity contribution is 5.95. The summed E-state index contributed by atoms with van der Waals surface area (Å²) in [4.78, 5) is 23.6. The molecule has 2 aromatic carbocycles. The Morgan fingerprint density at radius 2 is 1.37 bits per heavy atom. The third-order valence-electron chi connectivity index (χ3n) is 4.05. The molecule has 142 valence electrons. The van der Waals surface area contributed by atoms with E-state index in [9.17, 15) is 22.8 Å². The number of rotatable bonds is 6. The topological polar surface area (TPSA) is 70.2 Å². The fourth-order valence-electron chi connectivity index (χ4n) is 2.39. The summed E-state index contributed by atoms with van der Waals surface area (Å²) in [6.45, 7) is -0.0468. The quantitative estimate of drug-likeness (QED) is 0.710. The lowest BCUT2D eigenvalue weighted by Gasteiger charge is -2.10. The van der Waals surface area contributed by atoms with E-state index in [0.717, 1.165) is 25.0 Å². The molecule has 1 aliphatic carbocycles. The first-order valence-electron chi connectivity index (χ1n) is 8.43. The number of alkyl halides is 3. The van der Waals surface area contributed by atoms with Crippen LogP contribution >= 0.6 is 0 Å². The Bertz CT molecular complexity index is 814. The second kappa shape index (κ2) is 7.69. The third kappa shape index (κ3) is 5.47. The lowest BCUT2D eigenvalue weighted by molar-refractivity contribution is -0.137. The van der Waals surface area contributed by atoms with Crippen LogP contribution in [0.1, 0.15) is 18.4 Å². The number of amides is 2. The van der Waals surface area contributed by atoms with E-state index in [1.54, 1.807) is 24.3 Å². The monoisotopic (exact) mass is 377 g/mol. The number of nitrogens with one attached hydrogen (secondary N) is 3. The number of carbonyl (C=O) groups excluding carboxylic acids is 2. The van der Waals surface area contributed by atoms with E-state index in [1.165, 1.54) is 12.1 Å². The number of benzene rings is 2. The Morgan fingerprint density at radius 3 is 1.93 bits per heavy atom. The number of carbonyl (C=O) groups is 2. The van der Waals surface area contributed by atoms with Gasteiger partial charge in [0.15, 0.2) is 0 Å². The molecule has 27 heavy (non-hydrogen) atoms. The van der Waals surface area contributed by atoms with Gasteiger partial charge in [0.2, 0.25) is 11.8 Å². The summed E-state index contributed by atoms with van der Waals surface area (Å²) in [6, 6.07) is 11.2. The maximum atomic E-state index is 12.5. The molecule has 0 radical (unpaired) electrons. The standard InChI is InChI=1S/C19H18F3N3O2/c20-19(21,22)13-3-5-15(6-4-13)24-17(26)11-23-14-7-9-16(10-8-14)25-18(27)12-1-2-12/h3-10,12,23H,1-2,11H2,(H,24,26)(H,25,27). The molecule has 1 fully saturated rings. The minimum Gasteiger partial charge on any atom is -0.376 e. The van der Waals surface area contributed by atoms with Crippen molar-refractivity contribution in [3.05, 3.63) is 54.1 Å². The highest BCUT2D eigenvalue weighted by Crippen LogP contribution is 2.30. The van der Waals surface area contributed by atoms with Crippen molar-refractivity contribution in [2.24, 2.45) is 5.92 Å². The van der Waals surface area contributed by atoms with Crippen molar-refractivity contribution in [2.45, 2.75) is 19.0 Å². The molecule has 2 amide bonds. The fourth-order valence-corrected chi connectivity index (χ4v) is 2.39. The van der Waals surface area contributed by atoms with Gasteiger partial charge in [-0.2, -0.15) is 13.2 Å². The van der Waals surface area contributed by atoms with Crippen molar-refractivity contribution in [1.82, 2.24) is 0 Å². The molecule has 5 nitrogen and oxygen atoms in total. The molecule has 0 bridgehead atoms. The van der Waals surface area contributed by atoms with Crippen LogP contribution in [0.2, 0.25) is 0 Å². The second-order valence-corrected chi connectivity index (χ2v) is 6.32. The van der Waals surface area contributed by atoms with Crippen LogP contribution in [0.4, 0.5) is 30.2 Å². The predicted molar refractivity (Wildman–Crippen MR) is 96.4 cm³/mol. The Balaban J connectivity index is 1.46. The first-order valence-corrected chi connectivity index (χ1v) is 8.43. The van der Waals surface area contributed by atoms with Crippen molar-refractivity contribution >= 4 is 28.9 Å². The zero-order valence-electron chi connectivity index (χ0n) is 14.3. The van der Waals surface area contributed by atoms with Crippen LogP contribution in [0.25, 0.3) is 0 Å². The van der Waals surface area contributed by atoms with Gasteiger partial charge < -0.3 is 16.0 Å². The molecule has 0 spiro atoms. The maximum absolute atomic E-state index is 12.5. The Labute approximate surface area is 154 Å². The van der Waals surface area contributed by atoms with Crippen molar-refractivity contribution < 1.29 is 22.8 Å². The van der Waals surface area contributed by atoms with E-state index >= 15 is 0 Å². The average Bonchev–Trinajstić information content (AvgIpc) is 3.46. The van der Waals surface area contributed by atoms with Gasteiger partial charge in [0.25, 0.3) is 0 Å². The largest absolute Gasteiger partial charge is 0.416 e. The van der Waals surface area contributed by atoms with Gasteiger partial charge in [-0.25, -0.2) is 0 Å². The molecule has 0 saturated heterocycles. The van der Waals surface area contributed by atoms with Crippen LogP contribution in [0.5, 0.6) is 0 Å². The van der Waals surface area contributed by atoms with E-state index in [1.807, 2.05) is 0 Å². The first kappa shape index (κ1) is 18.8. The van der Waals surface area contributed by atoms with E-state index in [4.69, 9.17) is 0 Å². The summed E-state index contributed by atoms with van der Waals surface area (Å²) in [6.07, 6.45) is -2.55. The highest BCUT2D eigenvalue weighted by atomic mass is 19.4. The summed E-state index contributed by atoms with van der Waals surface area (Å²) < 4.78 is 37.5. The minimum absolute atomic E-state index is 0.0200. The molecular formula is C19H18F3N3O2. The van der Waals surface area contributed by atoms with Crippen LogP contribution in [-0.2, 0) is 15.8 Å². The molecule has 1 aliphatic rings. The number of hydrogen-bond donors (Lipinski definition) is 3. The first-order chi connectivity index (χ1) is 12.8. The van der Waals surface area contributed by atoms with Crippen LogP contribution in [0, 0.1) is 5.92 Å². The number of halogens is 3. The van der Waals surface area contributed by atoms with Crippen LogP contribution < -0.4 is 16.0 Å². The predicted octanol–water partition coefficient (Wildman–Crippen LogP) is 4.10. The summed E-state index contributed by atoms with van der Waals surface area (Å²) in [5.41, 5.74) is 0.883. The zero-order valence-corrected chi connectivity index (χ0v) is 14.3. The number of anilines is 3. The van der Waals surface area contributed by atoms with Crippen molar-refractivity contribution in [2.75, 3.05) is 22.5 Å². The van der Waals surface area contributed by atoms with Gasteiger partial charge in [-0.05, 0) is 61.4 Å². The average molecular weight is 377 g/mol. The van der Waals surface area contributed by atoms with Crippen molar-refractivity contribution in [3.63, 3.8) is 0 Å². The molecule has 2 aromatic rings. The molecule has 3 N–H and O–H groups in total. The zero-order chi connectivity index (χ0) is 19.4. The van der Waals surface area contributed by atoms with Gasteiger partial charge >= 0.3 is 6.18 Å².